The van der Waals surface area contributed by atoms with Crippen molar-refractivity contribution in [3.63, 3.8) is 0 Å². The van der Waals surface area contributed by atoms with Crippen LogP contribution in [-0.2, 0) is 0 Å². The summed E-state index contributed by atoms with van der Waals surface area (Å²) in [6, 6.07) is 47.5. The van der Waals surface area contributed by atoms with Gasteiger partial charge in [0.2, 0.25) is 0 Å². The first-order valence-corrected chi connectivity index (χ1v) is 14.9. The molecule has 0 unspecified atom stereocenters. The van der Waals surface area contributed by atoms with E-state index >= 15 is 0 Å². The molecule has 0 amide bonds. The fourth-order valence-electron chi connectivity index (χ4n) is 5.77. The molecule has 0 fully saturated rings. The first-order valence-electron chi connectivity index (χ1n) is 14.9. The van der Waals surface area contributed by atoms with Gasteiger partial charge in [0.05, 0.1) is 33.8 Å². The lowest BCUT2D eigenvalue weighted by atomic mass is 9.96. The van der Waals surface area contributed by atoms with E-state index in [0.29, 0.717) is 5.82 Å². The molecule has 0 aliphatic carbocycles. The zero-order chi connectivity index (χ0) is 30.2. The number of hydrogen-bond acceptors (Lipinski definition) is 5. The van der Waals surface area contributed by atoms with Gasteiger partial charge in [-0.05, 0) is 54.4 Å². The van der Waals surface area contributed by atoms with Crippen LogP contribution >= 0.6 is 0 Å². The van der Waals surface area contributed by atoms with Crippen LogP contribution in [0.1, 0.15) is 5.69 Å². The molecule has 4 aromatic carbocycles. The minimum Gasteiger partial charge on any atom is -0.255 e. The van der Waals surface area contributed by atoms with E-state index in [2.05, 4.69) is 83.8 Å². The second kappa shape index (κ2) is 11.2. The maximum atomic E-state index is 5.25. The van der Waals surface area contributed by atoms with E-state index in [1.807, 2.05) is 67.6 Å². The number of pyridine rings is 3. The number of benzene rings is 4. The van der Waals surface area contributed by atoms with Crippen LogP contribution < -0.4 is 0 Å². The lowest BCUT2D eigenvalue weighted by molar-refractivity contribution is 1.16. The third kappa shape index (κ3) is 5.11. The highest BCUT2D eigenvalue weighted by atomic mass is 14.9. The van der Waals surface area contributed by atoms with Crippen molar-refractivity contribution in [1.82, 2.24) is 24.9 Å². The highest BCUT2D eigenvalue weighted by Crippen LogP contribution is 2.36. The van der Waals surface area contributed by atoms with Gasteiger partial charge >= 0.3 is 0 Å². The summed E-state index contributed by atoms with van der Waals surface area (Å²) in [4.78, 5) is 24.8. The van der Waals surface area contributed by atoms with E-state index in [1.165, 1.54) is 0 Å². The van der Waals surface area contributed by atoms with Gasteiger partial charge in [-0.3, -0.25) is 9.97 Å². The largest absolute Gasteiger partial charge is 0.255 e. The molecule has 4 aromatic heterocycles. The third-order valence-corrected chi connectivity index (χ3v) is 8.00. The minimum absolute atomic E-state index is 0.630. The minimum atomic E-state index is 0.630. The predicted molar refractivity (Wildman–Crippen MR) is 182 cm³/mol. The molecule has 0 bridgehead atoms. The molecule has 0 aliphatic rings. The van der Waals surface area contributed by atoms with E-state index in [0.717, 1.165) is 78.1 Å². The predicted octanol–water partition coefficient (Wildman–Crippen LogP) is 9.61. The third-order valence-electron chi connectivity index (χ3n) is 8.00. The Kier molecular flexibility index (Phi) is 6.61. The van der Waals surface area contributed by atoms with Crippen molar-refractivity contribution in [2.45, 2.75) is 6.92 Å². The van der Waals surface area contributed by atoms with Crippen LogP contribution in [0.2, 0.25) is 0 Å². The van der Waals surface area contributed by atoms with Gasteiger partial charge in [0.25, 0.3) is 0 Å². The number of fused-ring (bicyclic) bond motifs is 3. The van der Waals surface area contributed by atoms with E-state index in [9.17, 15) is 0 Å². The van der Waals surface area contributed by atoms with Crippen molar-refractivity contribution in [1.29, 1.82) is 0 Å². The Balaban J connectivity index is 1.33. The van der Waals surface area contributed by atoms with Crippen LogP contribution in [-0.4, -0.2) is 24.9 Å². The summed E-state index contributed by atoms with van der Waals surface area (Å²) in [5.41, 5.74) is 11.2. The molecular weight excluding hydrogens is 550 g/mol. The molecule has 5 heteroatoms. The van der Waals surface area contributed by atoms with Crippen LogP contribution in [0.25, 0.3) is 78.2 Å². The molecule has 0 saturated carbocycles. The number of nitrogens with zero attached hydrogens (tertiary/aromatic N) is 5. The Morgan fingerprint density at radius 3 is 1.91 bits per heavy atom. The van der Waals surface area contributed by atoms with Gasteiger partial charge in [-0.15, -0.1) is 0 Å². The Bertz CT molecular complexity index is 2260. The molecule has 0 saturated heterocycles. The van der Waals surface area contributed by atoms with E-state index in [4.69, 9.17) is 19.9 Å². The first kappa shape index (κ1) is 26.5. The molecular formula is C40H27N5. The molecule has 8 aromatic rings. The monoisotopic (exact) mass is 577 g/mol. The molecule has 0 atom stereocenters. The van der Waals surface area contributed by atoms with Crippen LogP contribution in [0.15, 0.2) is 146 Å². The van der Waals surface area contributed by atoms with Crippen molar-refractivity contribution in [3.05, 3.63) is 151 Å². The zero-order valence-corrected chi connectivity index (χ0v) is 24.6. The number of aryl methyl sites for hydroxylation is 1. The summed E-state index contributed by atoms with van der Waals surface area (Å²) >= 11 is 0. The van der Waals surface area contributed by atoms with Crippen molar-refractivity contribution in [2.75, 3.05) is 0 Å². The number of rotatable bonds is 5. The van der Waals surface area contributed by atoms with Gasteiger partial charge in [-0.2, -0.15) is 0 Å². The molecule has 0 N–H and O–H groups in total. The normalized spacial score (nSPS) is 11.2. The maximum Gasteiger partial charge on any atom is 0.160 e. The Morgan fingerprint density at radius 1 is 0.422 bits per heavy atom. The smallest absolute Gasteiger partial charge is 0.160 e. The van der Waals surface area contributed by atoms with Crippen LogP contribution in [0.3, 0.4) is 0 Å². The summed E-state index contributed by atoms with van der Waals surface area (Å²) in [5, 5.41) is 2.14. The second-order valence-electron chi connectivity index (χ2n) is 11.0. The highest BCUT2D eigenvalue weighted by Gasteiger charge is 2.15. The molecule has 0 radical (unpaired) electrons. The number of hydrogen-bond donors (Lipinski definition) is 0. The summed E-state index contributed by atoms with van der Waals surface area (Å²) in [6.07, 6.45) is 1.79. The van der Waals surface area contributed by atoms with Gasteiger partial charge in [0, 0.05) is 39.4 Å². The van der Waals surface area contributed by atoms with Gasteiger partial charge < -0.3 is 0 Å². The molecule has 0 spiro atoms. The highest BCUT2D eigenvalue weighted by molar-refractivity contribution is 6.09. The average molecular weight is 578 g/mol. The van der Waals surface area contributed by atoms with E-state index in [-0.39, 0.29) is 0 Å². The van der Waals surface area contributed by atoms with Crippen LogP contribution in [0, 0.1) is 6.92 Å². The Morgan fingerprint density at radius 2 is 1.11 bits per heavy atom. The summed E-state index contributed by atoms with van der Waals surface area (Å²) in [6.45, 7) is 2.02. The summed E-state index contributed by atoms with van der Waals surface area (Å²) in [7, 11) is 0. The van der Waals surface area contributed by atoms with Gasteiger partial charge in [0.15, 0.2) is 5.82 Å². The van der Waals surface area contributed by atoms with Gasteiger partial charge in [-0.1, -0.05) is 103 Å². The molecule has 212 valence electrons. The molecule has 5 nitrogen and oxygen atoms in total. The molecule has 8 rings (SSSR count). The van der Waals surface area contributed by atoms with Gasteiger partial charge in [0.1, 0.15) is 0 Å². The number of aromatic nitrogens is 5. The molecule has 4 heterocycles. The Labute approximate surface area is 261 Å². The fourth-order valence-corrected chi connectivity index (χ4v) is 5.77. The molecule has 45 heavy (non-hydrogen) atoms. The quantitative estimate of drug-likeness (QED) is 0.191. The lowest BCUT2D eigenvalue weighted by Crippen LogP contribution is -1.97. The standard InChI is InChI=1S/C40H27N5/c1-26-18-19-29-20-21-32-33(27-11-4-2-5-12-27)24-35(43-39(32)38(29)42-26)30-15-10-16-31(23-30)40-44-36(28-13-6-3-7-14-28)25-37(45-40)34-17-8-9-22-41-34/h2-25H,1H3. The van der Waals surface area contributed by atoms with Crippen molar-refractivity contribution >= 4 is 21.8 Å². The second-order valence-corrected chi connectivity index (χ2v) is 11.0. The van der Waals surface area contributed by atoms with Crippen molar-refractivity contribution < 1.29 is 0 Å². The first-order chi connectivity index (χ1) is 22.2. The average Bonchev–Trinajstić information content (AvgIpc) is 3.12. The lowest BCUT2D eigenvalue weighted by Gasteiger charge is -2.13. The van der Waals surface area contributed by atoms with Crippen LogP contribution in [0.5, 0.6) is 0 Å². The van der Waals surface area contributed by atoms with E-state index < -0.39 is 0 Å². The SMILES string of the molecule is Cc1ccc2ccc3c(-c4ccccc4)cc(-c4cccc(-c5nc(-c6ccccc6)cc(-c6ccccn6)n5)c4)nc3c2n1. The molecule has 0 aliphatic heterocycles. The van der Waals surface area contributed by atoms with Crippen molar-refractivity contribution in [2.24, 2.45) is 0 Å². The summed E-state index contributed by atoms with van der Waals surface area (Å²) in [5.74, 6) is 0.630. The Hall–Kier alpha value is -6.07. The zero-order valence-electron chi connectivity index (χ0n) is 24.6. The topological polar surface area (TPSA) is 64.5 Å². The van der Waals surface area contributed by atoms with Gasteiger partial charge in [-0.25, -0.2) is 15.0 Å². The fraction of sp³-hybridized carbons (Fsp3) is 0.0250. The van der Waals surface area contributed by atoms with Crippen molar-refractivity contribution in [3.8, 4) is 56.4 Å². The maximum absolute atomic E-state index is 5.25. The van der Waals surface area contributed by atoms with E-state index in [1.54, 1.807) is 6.20 Å². The summed E-state index contributed by atoms with van der Waals surface area (Å²) < 4.78 is 0. The van der Waals surface area contributed by atoms with Crippen LogP contribution in [0.4, 0.5) is 0 Å².